The van der Waals surface area contributed by atoms with Crippen LogP contribution in [0.25, 0.3) is 0 Å². The van der Waals surface area contributed by atoms with Crippen molar-refractivity contribution in [3.05, 3.63) is 24.3 Å². The number of methoxy groups -OCH3 is 1. The molecule has 1 heterocycles. The smallest absolute Gasteiger partial charge is 0.239 e. The second kappa shape index (κ2) is 4.54. The number of nitrogens with two attached hydrogens (primary N) is 1. The molecule has 1 aliphatic rings. The zero-order chi connectivity index (χ0) is 12.5. The van der Waals surface area contributed by atoms with Crippen LogP contribution in [0.2, 0.25) is 0 Å². The minimum atomic E-state index is -3.30. The highest BCUT2D eigenvalue weighted by molar-refractivity contribution is 7.93. The van der Waals surface area contributed by atoms with Gasteiger partial charge < -0.3 is 10.5 Å². The first-order chi connectivity index (χ1) is 8.09. The molecule has 5 nitrogen and oxygen atoms in total. The number of anilines is 1. The highest BCUT2D eigenvalue weighted by Crippen LogP contribution is 2.30. The fourth-order valence-electron chi connectivity index (χ4n) is 2.00. The average molecular weight is 256 g/mol. The first kappa shape index (κ1) is 12.2. The normalized spacial score (nSPS) is 22.7. The third kappa shape index (κ3) is 2.10. The molecule has 17 heavy (non-hydrogen) atoms. The van der Waals surface area contributed by atoms with E-state index in [0.29, 0.717) is 24.4 Å². The summed E-state index contributed by atoms with van der Waals surface area (Å²) in [7, 11) is -1.75. The summed E-state index contributed by atoms with van der Waals surface area (Å²) in [4.78, 5) is 0. The lowest BCUT2D eigenvalue weighted by molar-refractivity contribution is 0.415. The quantitative estimate of drug-likeness (QED) is 0.857. The monoisotopic (exact) mass is 256 g/mol. The Labute approximate surface area is 101 Å². The molecule has 1 fully saturated rings. The van der Waals surface area contributed by atoms with E-state index in [9.17, 15) is 8.42 Å². The van der Waals surface area contributed by atoms with Crippen molar-refractivity contribution in [3.8, 4) is 5.75 Å². The number of rotatable bonds is 3. The van der Waals surface area contributed by atoms with E-state index in [1.165, 1.54) is 4.31 Å². The van der Waals surface area contributed by atoms with Gasteiger partial charge in [-0.05, 0) is 18.6 Å². The van der Waals surface area contributed by atoms with Gasteiger partial charge in [-0.15, -0.1) is 0 Å². The topological polar surface area (TPSA) is 72.6 Å². The Kier molecular flexibility index (Phi) is 3.26. The standard InChI is InChI=1S/C11H16N2O3S/c1-16-10-4-2-3-9(7-10)13-6-5-11(8-12)17(13,14)15/h2-4,7,11H,5-6,8,12H2,1H3/t11-/m1/s1. The van der Waals surface area contributed by atoms with Crippen LogP contribution < -0.4 is 14.8 Å². The molecule has 1 aliphatic heterocycles. The molecule has 94 valence electrons. The summed E-state index contributed by atoms with van der Waals surface area (Å²) in [6, 6.07) is 7.04. The van der Waals surface area contributed by atoms with Gasteiger partial charge in [0.2, 0.25) is 10.0 Å². The van der Waals surface area contributed by atoms with Crippen molar-refractivity contribution in [1.82, 2.24) is 0 Å². The molecule has 6 heteroatoms. The van der Waals surface area contributed by atoms with Crippen molar-refractivity contribution in [3.63, 3.8) is 0 Å². The van der Waals surface area contributed by atoms with E-state index in [2.05, 4.69) is 0 Å². The lowest BCUT2D eigenvalue weighted by Gasteiger charge is -2.19. The van der Waals surface area contributed by atoms with Gasteiger partial charge in [0.05, 0.1) is 18.0 Å². The molecule has 2 rings (SSSR count). The van der Waals surface area contributed by atoms with E-state index in [-0.39, 0.29) is 6.54 Å². The molecule has 0 bridgehead atoms. The summed E-state index contributed by atoms with van der Waals surface area (Å²) in [6.45, 7) is 0.653. The van der Waals surface area contributed by atoms with E-state index in [4.69, 9.17) is 10.5 Å². The molecule has 2 N–H and O–H groups in total. The van der Waals surface area contributed by atoms with Crippen molar-refractivity contribution in [1.29, 1.82) is 0 Å². The third-order valence-corrected chi connectivity index (χ3v) is 5.27. The number of sulfonamides is 1. The van der Waals surface area contributed by atoms with Crippen LogP contribution in [-0.4, -0.2) is 33.9 Å². The highest BCUT2D eigenvalue weighted by Gasteiger charge is 2.37. The number of hydrogen-bond donors (Lipinski definition) is 1. The van der Waals surface area contributed by atoms with Gasteiger partial charge in [0.25, 0.3) is 0 Å². The molecule has 1 aromatic carbocycles. The van der Waals surface area contributed by atoms with Gasteiger partial charge in [-0.3, -0.25) is 4.31 Å². The van der Waals surface area contributed by atoms with Gasteiger partial charge in [-0.1, -0.05) is 6.07 Å². The van der Waals surface area contributed by atoms with Crippen LogP contribution in [-0.2, 0) is 10.0 Å². The van der Waals surface area contributed by atoms with E-state index < -0.39 is 15.3 Å². The molecule has 0 unspecified atom stereocenters. The van der Waals surface area contributed by atoms with Crippen molar-refractivity contribution in [2.75, 3.05) is 24.5 Å². The number of nitrogens with zero attached hydrogens (tertiary/aromatic N) is 1. The molecular weight excluding hydrogens is 240 g/mol. The lowest BCUT2D eigenvalue weighted by atomic mass is 10.2. The molecule has 1 aromatic rings. The van der Waals surface area contributed by atoms with Crippen LogP contribution in [0.4, 0.5) is 5.69 Å². The maximum atomic E-state index is 12.1. The van der Waals surface area contributed by atoms with E-state index in [0.717, 1.165) is 0 Å². The first-order valence-corrected chi connectivity index (χ1v) is 6.95. The van der Waals surface area contributed by atoms with Crippen molar-refractivity contribution < 1.29 is 13.2 Å². The van der Waals surface area contributed by atoms with Crippen LogP contribution in [0.1, 0.15) is 6.42 Å². The predicted octanol–water partition coefficient (Wildman–Crippen LogP) is 0.562. The van der Waals surface area contributed by atoms with Crippen molar-refractivity contribution in [2.24, 2.45) is 5.73 Å². The molecule has 0 saturated carbocycles. The number of benzene rings is 1. The summed E-state index contributed by atoms with van der Waals surface area (Å²) in [5.74, 6) is 0.647. The summed E-state index contributed by atoms with van der Waals surface area (Å²) < 4.78 is 30.8. The van der Waals surface area contributed by atoms with Crippen LogP contribution in [0.5, 0.6) is 5.75 Å². The maximum absolute atomic E-state index is 12.1. The maximum Gasteiger partial charge on any atom is 0.239 e. The Hall–Kier alpha value is -1.27. The van der Waals surface area contributed by atoms with E-state index >= 15 is 0 Å². The van der Waals surface area contributed by atoms with Crippen LogP contribution in [0.3, 0.4) is 0 Å². The van der Waals surface area contributed by atoms with Crippen LogP contribution >= 0.6 is 0 Å². The second-order valence-electron chi connectivity index (χ2n) is 3.96. The zero-order valence-corrected chi connectivity index (χ0v) is 10.5. The van der Waals surface area contributed by atoms with E-state index in [1.54, 1.807) is 31.4 Å². The average Bonchev–Trinajstić information content (AvgIpc) is 2.64. The Balaban J connectivity index is 2.35. The Morgan fingerprint density at radius 2 is 2.29 bits per heavy atom. The Bertz CT molecular complexity index is 501. The van der Waals surface area contributed by atoms with E-state index in [1.807, 2.05) is 0 Å². The third-order valence-electron chi connectivity index (χ3n) is 2.99. The molecule has 1 atom stereocenters. The summed E-state index contributed by atoms with van der Waals surface area (Å²) >= 11 is 0. The number of hydrogen-bond acceptors (Lipinski definition) is 4. The minimum Gasteiger partial charge on any atom is -0.497 e. The molecule has 0 spiro atoms. The predicted molar refractivity (Wildman–Crippen MR) is 66.7 cm³/mol. The fraction of sp³-hybridized carbons (Fsp3) is 0.455. The van der Waals surface area contributed by atoms with Crippen molar-refractivity contribution in [2.45, 2.75) is 11.7 Å². The Morgan fingerprint density at radius 1 is 1.53 bits per heavy atom. The second-order valence-corrected chi connectivity index (χ2v) is 6.10. The minimum absolute atomic E-state index is 0.169. The molecular formula is C11H16N2O3S. The molecule has 0 aliphatic carbocycles. The molecule has 0 amide bonds. The SMILES string of the molecule is COc1cccc(N2CC[C@H](CN)S2(=O)=O)c1. The molecule has 0 aromatic heterocycles. The number of ether oxygens (including phenoxy) is 1. The summed E-state index contributed by atoms with van der Waals surface area (Å²) in [5, 5.41) is -0.464. The van der Waals surface area contributed by atoms with Gasteiger partial charge in [-0.25, -0.2) is 8.42 Å². The van der Waals surface area contributed by atoms with Gasteiger partial charge in [-0.2, -0.15) is 0 Å². The van der Waals surface area contributed by atoms with Crippen molar-refractivity contribution >= 4 is 15.7 Å². The van der Waals surface area contributed by atoms with Crippen LogP contribution in [0, 0.1) is 0 Å². The highest BCUT2D eigenvalue weighted by atomic mass is 32.2. The van der Waals surface area contributed by atoms with Gasteiger partial charge in [0, 0.05) is 19.2 Å². The molecule has 0 radical (unpaired) electrons. The van der Waals surface area contributed by atoms with Gasteiger partial charge in [0.15, 0.2) is 0 Å². The lowest BCUT2D eigenvalue weighted by Crippen LogP contribution is -2.33. The van der Waals surface area contributed by atoms with Gasteiger partial charge >= 0.3 is 0 Å². The largest absolute Gasteiger partial charge is 0.497 e. The fourth-order valence-corrected chi connectivity index (χ4v) is 3.77. The summed E-state index contributed by atoms with van der Waals surface area (Å²) in [5.41, 5.74) is 6.11. The molecule has 1 saturated heterocycles. The first-order valence-electron chi connectivity index (χ1n) is 5.45. The Morgan fingerprint density at radius 3 is 2.88 bits per heavy atom. The zero-order valence-electron chi connectivity index (χ0n) is 9.67. The van der Waals surface area contributed by atoms with Gasteiger partial charge in [0.1, 0.15) is 5.75 Å². The summed E-state index contributed by atoms with van der Waals surface area (Å²) in [6.07, 6.45) is 0.579. The van der Waals surface area contributed by atoms with Crippen LogP contribution in [0.15, 0.2) is 24.3 Å².